The van der Waals surface area contributed by atoms with Crippen LogP contribution in [0.3, 0.4) is 0 Å². The maximum absolute atomic E-state index is 13.1. The molecular weight excluding hydrogens is 464 g/mol. The van der Waals surface area contributed by atoms with Crippen molar-refractivity contribution < 1.29 is 33.3 Å². The van der Waals surface area contributed by atoms with Crippen molar-refractivity contribution in [3.05, 3.63) is 58.8 Å². The molecule has 9 nitrogen and oxygen atoms in total. The van der Waals surface area contributed by atoms with Crippen LogP contribution in [0.25, 0.3) is 10.9 Å². The molecule has 2 aliphatic heterocycles. The third-order valence-electron chi connectivity index (χ3n) is 6.23. The van der Waals surface area contributed by atoms with Crippen LogP contribution >= 0.6 is 11.6 Å². The van der Waals surface area contributed by atoms with Crippen LogP contribution in [0.4, 0.5) is 0 Å². The average molecular weight is 485 g/mol. The lowest BCUT2D eigenvalue weighted by Gasteiger charge is -2.40. The second-order valence-electron chi connectivity index (χ2n) is 7.96. The van der Waals surface area contributed by atoms with Gasteiger partial charge in [0.05, 0.1) is 25.8 Å². The molecule has 0 saturated carbocycles. The summed E-state index contributed by atoms with van der Waals surface area (Å²) < 4.78 is 20.9. The Balaban J connectivity index is 1.74. The molecule has 5 rings (SSSR count). The largest absolute Gasteiger partial charge is 0.467 e. The molecule has 1 aromatic heterocycles. The van der Waals surface area contributed by atoms with Crippen LogP contribution in [0.1, 0.15) is 33.2 Å². The molecule has 2 aliphatic rings. The predicted octanol–water partition coefficient (Wildman–Crippen LogP) is 2.94. The van der Waals surface area contributed by atoms with Gasteiger partial charge in [-0.05, 0) is 35.4 Å². The van der Waals surface area contributed by atoms with E-state index >= 15 is 0 Å². The van der Waals surface area contributed by atoms with E-state index < -0.39 is 29.9 Å². The first-order valence-electron chi connectivity index (χ1n) is 10.5. The zero-order valence-corrected chi connectivity index (χ0v) is 19.2. The summed E-state index contributed by atoms with van der Waals surface area (Å²) in [4.78, 5) is 42.8. The maximum Gasteiger partial charge on any atom is 0.337 e. The molecule has 0 fully saturated rings. The highest BCUT2D eigenvalue weighted by molar-refractivity contribution is 6.27. The summed E-state index contributed by atoms with van der Waals surface area (Å²) in [5.41, 5.74) is 3.34. The van der Waals surface area contributed by atoms with E-state index in [4.69, 9.17) is 30.5 Å². The number of fused-ring (bicyclic) bond motifs is 4. The van der Waals surface area contributed by atoms with Crippen molar-refractivity contribution in [3.63, 3.8) is 0 Å². The predicted molar refractivity (Wildman–Crippen MR) is 121 cm³/mol. The van der Waals surface area contributed by atoms with Crippen molar-refractivity contribution in [2.24, 2.45) is 0 Å². The van der Waals surface area contributed by atoms with Gasteiger partial charge in [0.25, 0.3) is 0 Å². The molecule has 3 heterocycles. The number of carbonyl (C=O) groups is 3. The van der Waals surface area contributed by atoms with E-state index in [2.05, 4.69) is 4.98 Å². The Morgan fingerprint density at radius 1 is 1.09 bits per heavy atom. The Bertz CT molecular complexity index is 1320. The highest BCUT2D eigenvalue weighted by Gasteiger charge is 2.44. The third-order valence-corrected chi connectivity index (χ3v) is 6.46. The fraction of sp³-hybridized carbons (Fsp3) is 0.292. The summed E-state index contributed by atoms with van der Waals surface area (Å²) in [5, 5.41) is 0.834. The molecule has 2 aromatic carbocycles. The molecule has 0 unspecified atom stereocenters. The zero-order chi connectivity index (χ0) is 24.0. The van der Waals surface area contributed by atoms with Crippen LogP contribution in [0, 0.1) is 0 Å². The quantitative estimate of drug-likeness (QED) is 0.448. The SMILES string of the molecule is COC(=O)c1ccc2c3c([nH]c2c1)[C@@H](c1ccc2c(c1)OCO2)N(C(=O)CCl)[C@@H](C(=O)OC)C3. The summed E-state index contributed by atoms with van der Waals surface area (Å²) in [7, 11) is 2.60. The molecule has 0 spiro atoms. The fourth-order valence-electron chi connectivity index (χ4n) is 4.72. The molecule has 3 aromatic rings. The summed E-state index contributed by atoms with van der Waals surface area (Å²) in [5.74, 6) is -0.598. The monoisotopic (exact) mass is 484 g/mol. The standard InChI is InChI=1S/C24H21ClN2O7/c1-31-23(29)13-3-5-14-15-9-17(24(30)32-2)27(20(28)10-25)22(21(15)26-16(14)7-13)12-4-6-18-19(8-12)34-11-33-18/h3-8,17,22,26H,9-11H2,1-2H3/t17-,22-/m1/s1. The average Bonchev–Trinajstić information content (AvgIpc) is 3.49. The number of rotatable bonds is 4. The number of hydrogen-bond acceptors (Lipinski definition) is 7. The number of methoxy groups -OCH3 is 2. The van der Waals surface area contributed by atoms with Crippen molar-refractivity contribution in [2.45, 2.75) is 18.5 Å². The number of aromatic amines is 1. The second-order valence-corrected chi connectivity index (χ2v) is 8.23. The molecule has 0 radical (unpaired) electrons. The first-order valence-corrected chi connectivity index (χ1v) is 11.1. The van der Waals surface area contributed by atoms with Gasteiger partial charge in [0, 0.05) is 23.0 Å². The van der Waals surface area contributed by atoms with E-state index in [0.717, 1.165) is 16.6 Å². The van der Waals surface area contributed by atoms with Crippen LogP contribution < -0.4 is 9.47 Å². The van der Waals surface area contributed by atoms with Gasteiger partial charge < -0.3 is 28.8 Å². The topological polar surface area (TPSA) is 107 Å². The number of esters is 2. The third kappa shape index (κ3) is 3.43. The maximum atomic E-state index is 13.1. The number of H-pyrrole nitrogens is 1. The van der Waals surface area contributed by atoms with Crippen LogP contribution in [0.15, 0.2) is 36.4 Å². The van der Waals surface area contributed by atoms with Gasteiger partial charge in [-0.25, -0.2) is 9.59 Å². The normalized spacial score (nSPS) is 18.5. The van der Waals surface area contributed by atoms with Gasteiger partial charge in [0.2, 0.25) is 12.7 Å². The Morgan fingerprint density at radius 3 is 2.62 bits per heavy atom. The smallest absolute Gasteiger partial charge is 0.337 e. The number of ether oxygens (including phenoxy) is 4. The van der Waals surface area contributed by atoms with Crippen LogP contribution in [-0.4, -0.2) is 60.7 Å². The molecule has 176 valence electrons. The van der Waals surface area contributed by atoms with E-state index in [9.17, 15) is 14.4 Å². The molecule has 10 heteroatoms. The summed E-state index contributed by atoms with van der Waals surface area (Å²) in [6.45, 7) is 0.104. The van der Waals surface area contributed by atoms with Gasteiger partial charge in [-0.1, -0.05) is 12.1 Å². The van der Waals surface area contributed by atoms with E-state index in [0.29, 0.717) is 28.1 Å². The van der Waals surface area contributed by atoms with Gasteiger partial charge >= 0.3 is 11.9 Å². The van der Waals surface area contributed by atoms with E-state index in [1.54, 1.807) is 30.3 Å². The molecule has 0 aliphatic carbocycles. The molecule has 0 saturated heterocycles. The lowest BCUT2D eigenvalue weighted by molar-refractivity contribution is -0.154. The Hall–Kier alpha value is -3.72. The van der Waals surface area contributed by atoms with Crippen LogP contribution in [0.2, 0.25) is 0 Å². The first kappa shape index (κ1) is 22.1. The number of nitrogens with zero attached hydrogens (tertiary/aromatic N) is 1. The fourth-order valence-corrected chi connectivity index (χ4v) is 4.85. The number of benzene rings is 2. The van der Waals surface area contributed by atoms with Crippen molar-refractivity contribution in [1.82, 2.24) is 9.88 Å². The Labute approximate surface area is 199 Å². The lowest BCUT2D eigenvalue weighted by atomic mass is 9.87. The number of amides is 1. The molecule has 34 heavy (non-hydrogen) atoms. The summed E-state index contributed by atoms with van der Waals surface area (Å²) in [6, 6.07) is 8.97. The van der Waals surface area contributed by atoms with E-state index in [-0.39, 0.29) is 19.1 Å². The van der Waals surface area contributed by atoms with Gasteiger partial charge in [0.15, 0.2) is 11.5 Å². The second kappa shape index (κ2) is 8.57. The van der Waals surface area contributed by atoms with Crippen molar-refractivity contribution in [3.8, 4) is 11.5 Å². The zero-order valence-electron chi connectivity index (χ0n) is 18.4. The van der Waals surface area contributed by atoms with Crippen LogP contribution in [-0.2, 0) is 25.5 Å². The highest BCUT2D eigenvalue weighted by atomic mass is 35.5. The highest BCUT2D eigenvalue weighted by Crippen LogP contribution is 2.44. The van der Waals surface area contributed by atoms with Crippen molar-refractivity contribution in [1.29, 1.82) is 0 Å². The van der Waals surface area contributed by atoms with Crippen molar-refractivity contribution >= 4 is 40.3 Å². The van der Waals surface area contributed by atoms with Gasteiger partial charge in [0.1, 0.15) is 11.9 Å². The summed E-state index contributed by atoms with van der Waals surface area (Å²) in [6.07, 6.45) is 0.225. The molecule has 1 N–H and O–H groups in total. The number of nitrogens with one attached hydrogen (secondary N) is 1. The van der Waals surface area contributed by atoms with E-state index in [1.165, 1.54) is 19.1 Å². The number of halogens is 1. The minimum absolute atomic E-state index is 0.104. The number of hydrogen-bond donors (Lipinski definition) is 1. The van der Waals surface area contributed by atoms with Gasteiger partial charge in [-0.15, -0.1) is 11.6 Å². The van der Waals surface area contributed by atoms with Crippen LogP contribution in [0.5, 0.6) is 11.5 Å². The summed E-state index contributed by atoms with van der Waals surface area (Å²) >= 11 is 5.97. The van der Waals surface area contributed by atoms with Gasteiger partial charge in [-0.3, -0.25) is 4.79 Å². The molecule has 2 atom stereocenters. The Kier molecular flexibility index (Phi) is 5.57. The molecule has 0 bridgehead atoms. The van der Waals surface area contributed by atoms with Gasteiger partial charge in [-0.2, -0.15) is 0 Å². The molecular formula is C24H21ClN2O7. The lowest BCUT2D eigenvalue weighted by Crippen LogP contribution is -2.52. The minimum atomic E-state index is -0.890. The van der Waals surface area contributed by atoms with E-state index in [1.807, 2.05) is 6.07 Å². The molecule has 1 amide bonds. The first-order chi connectivity index (χ1) is 16.5. The number of alkyl halides is 1. The number of aromatic nitrogens is 1. The Morgan fingerprint density at radius 2 is 1.88 bits per heavy atom. The van der Waals surface area contributed by atoms with Crippen molar-refractivity contribution in [2.75, 3.05) is 26.9 Å². The minimum Gasteiger partial charge on any atom is -0.467 e. The number of carbonyl (C=O) groups excluding carboxylic acids is 3.